The lowest BCUT2D eigenvalue weighted by atomic mass is 10.0. The first kappa shape index (κ1) is 12.9. The van der Waals surface area contributed by atoms with E-state index in [0.717, 1.165) is 37.3 Å². The van der Waals surface area contributed by atoms with Crippen LogP contribution in [0.2, 0.25) is 0 Å². The van der Waals surface area contributed by atoms with E-state index >= 15 is 0 Å². The first-order valence-corrected chi connectivity index (χ1v) is 6.81. The third-order valence-corrected chi connectivity index (χ3v) is 3.87. The number of likely N-dealkylation sites (N-methyl/N-ethyl adjacent to an activating group) is 1. The molecule has 0 aliphatic carbocycles. The summed E-state index contributed by atoms with van der Waals surface area (Å²) in [4.78, 5) is 13.3. The van der Waals surface area contributed by atoms with Crippen molar-refractivity contribution in [3.05, 3.63) is 41.1 Å². The van der Waals surface area contributed by atoms with Crippen LogP contribution in [0.25, 0.3) is 11.3 Å². The molecule has 1 aromatic carbocycles. The highest BCUT2D eigenvalue weighted by Gasteiger charge is 2.21. The molecule has 20 heavy (non-hydrogen) atoms. The molecule has 0 amide bonds. The summed E-state index contributed by atoms with van der Waals surface area (Å²) in [6, 6.07) is 6.90. The molecule has 0 spiro atoms. The van der Waals surface area contributed by atoms with Gasteiger partial charge in [0.1, 0.15) is 0 Å². The fraction of sp³-hybridized carbons (Fsp3) is 0.333. The molecule has 104 valence electrons. The Morgan fingerprint density at radius 1 is 1.40 bits per heavy atom. The largest absolute Gasteiger partial charge is 0.478 e. The Morgan fingerprint density at radius 3 is 2.80 bits per heavy atom. The number of H-pyrrole nitrogens is 1. The molecule has 3 rings (SSSR count). The lowest BCUT2D eigenvalue weighted by Crippen LogP contribution is -2.30. The smallest absolute Gasteiger partial charge is 0.335 e. The first-order valence-electron chi connectivity index (χ1n) is 6.81. The van der Waals surface area contributed by atoms with Gasteiger partial charge in [0, 0.05) is 36.3 Å². The van der Waals surface area contributed by atoms with Crippen molar-refractivity contribution < 1.29 is 9.90 Å². The van der Waals surface area contributed by atoms with Crippen LogP contribution in [0.15, 0.2) is 24.3 Å². The van der Waals surface area contributed by atoms with Gasteiger partial charge in [0.2, 0.25) is 0 Å². The van der Waals surface area contributed by atoms with Gasteiger partial charge in [-0.2, -0.15) is 5.10 Å². The number of nitrogens with one attached hydrogen (secondary N) is 1. The summed E-state index contributed by atoms with van der Waals surface area (Å²) in [6.45, 7) is 5.15. The number of aromatic carboxylic acids is 1. The Hall–Kier alpha value is -2.14. The van der Waals surface area contributed by atoms with Crippen molar-refractivity contribution in [2.75, 3.05) is 13.1 Å². The number of nitrogens with zero attached hydrogens (tertiary/aromatic N) is 2. The second-order valence-corrected chi connectivity index (χ2v) is 5.03. The Morgan fingerprint density at radius 2 is 2.15 bits per heavy atom. The summed E-state index contributed by atoms with van der Waals surface area (Å²) in [6.07, 6.45) is 0.989. The zero-order valence-corrected chi connectivity index (χ0v) is 11.4. The number of benzene rings is 1. The van der Waals surface area contributed by atoms with Crippen molar-refractivity contribution in [1.82, 2.24) is 15.1 Å². The lowest BCUT2D eigenvalue weighted by molar-refractivity contribution is 0.0697. The van der Waals surface area contributed by atoms with Crippen LogP contribution in [-0.4, -0.2) is 39.3 Å². The third-order valence-electron chi connectivity index (χ3n) is 3.87. The molecule has 2 aromatic rings. The molecule has 1 aromatic heterocycles. The summed E-state index contributed by atoms with van der Waals surface area (Å²) in [5.41, 5.74) is 4.64. The maximum atomic E-state index is 10.9. The second-order valence-electron chi connectivity index (χ2n) is 5.03. The maximum absolute atomic E-state index is 10.9. The van der Waals surface area contributed by atoms with E-state index in [1.807, 2.05) is 12.1 Å². The number of carboxylic acids is 1. The van der Waals surface area contributed by atoms with Crippen molar-refractivity contribution in [2.24, 2.45) is 0 Å². The van der Waals surface area contributed by atoms with Gasteiger partial charge in [-0.1, -0.05) is 19.1 Å². The molecular weight excluding hydrogens is 254 g/mol. The van der Waals surface area contributed by atoms with Crippen LogP contribution in [0.4, 0.5) is 0 Å². The van der Waals surface area contributed by atoms with Crippen LogP contribution in [0.3, 0.4) is 0 Å². The van der Waals surface area contributed by atoms with E-state index in [9.17, 15) is 4.79 Å². The van der Waals surface area contributed by atoms with Gasteiger partial charge >= 0.3 is 5.97 Å². The number of carbonyl (C=O) groups is 1. The van der Waals surface area contributed by atoms with E-state index in [4.69, 9.17) is 5.11 Å². The van der Waals surface area contributed by atoms with Gasteiger partial charge in [-0.05, 0) is 18.7 Å². The molecule has 0 bridgehead atoms. The van der Waals surface area contributed by atoms with E-state index in [0.29, 0.717) is 5.56 Å². The number of hydrogen-bond donors (Lipinski definition) is 2. The first-order chi connectivity index (χ1) is 9.69. The van der Waals surface area contributed by atoms with Crippen molar-refractivity contribution in [1.29, 1.82) is 0 Å². The quantitative estimate of drug-likeness (QED) is 0.897. The lowest BCUT2D eigenvalue weighted by Gasteiger charge is -2.25. The molecule has 0 fully saturated rings. The maximum Gasteiger partial charge on any atom is 0.335 e. The van der Waals surface area contributed by atoms with Gasteiger partial charge in [0.05, 0.1) is 11.3 Å². The second kappa shape index (κ2) is 5.09. The molecule has 5 heteroatoms. The number of carboxylic acid groups (broad SMARTS) is 1. The van der Waals surface area contributed by atoms with Crippen LogP contribution >= 0.6 is 0 Å². The summed E-state index contributed by atoms with van der Waals surface area (Å²) in [5, 5.41) is 16.5. The number of hydrogen-bond acceptors (Lipinski definition) is 3. The van der Waals surface area contributed by atoms with Crippen molar-refractivity contribution in [2.45, 2.75) is 19.9 Å². The molecule has 0 radical (unpaired) electrons. The zero-order valence-electron chi connectivity index (χ0n) is 11.4. The molecule has 0 saturated heterocycles. The average Bonchev–Trinajstić information content (AvgIpc) is 2.90. The van der Waals surface area contributed by atoms with E-state index in [1.165, 1.54) is 11.3 Å². The monoisotopic (exact) mass is 271 g/mol. The van der Waals surface area contributed by atoms with Crippen LogP contribution < -0.4 is 0 Å². The predicted molar refractivity (Wildman–Crippen MR) is 75.6 cm³/mol. The fourth-order valence-corrected chi connectivity index (χ4v) is 2.63. The fourth-order valence-electron chi connectivity index (χ4n) is 2.63. The van der Waals surface area contributed by atoms with E-state index in [-0.39, 0.29) is 0 Å². The number of rotatable bonds is 3. The molecular formula is C15H17N3O2. The normalized spacial score (nSPS) is 15.1. The van der Waals surface area contributed by atoms with Gasteiger partial charge in [-0.3, -0.25) is 10.00 Å². The van der Waals surface area contributed by atoms with Crippen LogP contribution in [-0.2, 0) is 13.0 Å². The van der Waals surface area contributed by atoms with Crippen LogP contribution in [0.5, 0.6) is 0 Å². The van der Waals surface area contributed by atoms with Crippen LogP contribution in [0.1, 0.15) is 28.5 Å². The summed E-state index contributed by atoms with van der Waals surface area (Å²) < 4.78 is 0. The molecule has 5 nitrogen and oxygen atoms in total. The molecule has 0 atom stereocenters. The molecule has 0 unspecified atom stereocenters. The van der Waals surface area contributed by atoms with Gasteiger partial charge in [-0.15, -0.1) is 0 Å². The van der Waals surface area contributed by atoms with Crippen molar-refractivity contribution in [3.8, 4) is 11.3 Å². The van der Waals surface area contributed by atoms with Crippen molar-refractivity contribution >= 4 is 5.97 Å². The van der Waals surface area contributed by atoms with E-state index < -0.39 is 5.97 Å². The Kier molecular flexibility index (Phi) is 3.28. The molecule has 1 aliphatic heterocycles. The predicted octanol–water partition coefficient (Wildman–Crippen LogP) is 2.15. The topological polar surface area (TPSA) is 69.2 Å². The summed E-state index contributed by atoms with van der Waals surface area (Å²) >= 11 is 0. The Labute approximate surface area is 117 Å². The molecule has 0 saturated carbocycles. The Bertz CT molecular complexity index is 631. The standard InChI is InChI=1S/C15H17N3O2/c1-2-18-8-7-13-12(9-18)14(17-16-13)10-3-5-11(6-4-10)15(19)20/h3-6H,2,7-9H2,1H3,(H,16,17)(H,19,20). The minimum atomic E-state index is -0.905. The number of fused-ring (bicyclic) bond motifs is 1. The van der Waals surface area contributed by atoms with Gasteiger partial charge in [-0.25, -0.2) is 4.79 Å². The minimum Gasteiger partial charge on any atom is -0.478 e. The number of aromatic amines is 1. The third kappa shape index (κ3) is 2.20. The molecule has 2 N–H and O–H groups in total. The van der Waals surface area contributed by atoms with Crippen LogP contribution in [0, 0.1) is 0 Å². The highest BCUT2D eigenvalue weighted by Crippen LogP contribution is 2.28. The molecule has 2 heterocycles. The highest BCUT2D eigenvalue weighted by molar-refractivity contribution is 5.88. The summed E-state index contributed by atoms with van der Waals surface area (Å²) in [7, 11) is 0. The minimum absolute atomic E-state index is 0.299. The zero-order chi connectivity index (χ0) is 14.1. The van der Waals surface area contributed by atoms with Crippen molar-refractivity contribution in [3.63, 3.8) is 0 Å². The van der Waals surface area contributed by atoms with Gasteiger partial charge in [0.15, 0.2) is 0 Å². The number of aromatic nitrogens is 2. The highest BCUT2D eigenvalue weighted by atomic mass is 16.4. The van der Waals surface area contributed by atoms with Gasteiger partial charge < -0.3 is 5.11 Å². The van der Waals surface area contributed by atoms with Gasteiger partial charge in [0.25, 0.3) is 0 Å². The Balaban J connectivity index is 1.95. The average molecular weight is 271 g/mol. The van der Waals surface area contributed by atoms with E-state index in [2.05, 4.69) is 22.0 Å². The van der Waals surface area contributed by atoms with E-state index in [1.54, 1.807) is 12.1 Å². The summed E-state index contributed by atoms with van der Waals surface area (Å²) in [5.74, 6) is -0.905. The SMILES string of the molecule is CCN1CCc2[nH]nc(-c3ccc(C(=O)O)cc3)c2C1. The molecule has 1 aliphatic rings.